The molecule has 1 aromatic carbocycles. The third-order valence-electron chi connectivity index (χ3n) is 2.92. The summed E-state index contributed by atoms with van der Waals surface area (Å²) in [6.07, 6.45) is 0. The van der Waals surface area contributed by atoms with Crippen LogP contribution in [0.4, 0.5) is 0 Å². The van der Waals surface area contributed by atoms with Crippen molar-refractivity contribution in [1.82, 2.24) is 0 Å². The van der Waals surface area contributed by atoms with Crippen molar-refractivity contribution in [3.05, 3.63) is 46.0 Å². The van der Waals surface area contributed by atoms with Crippen molar-refractivity contribution >= 4 is 11.8 Å². The van der Waals surface area contributed by atoms with E-state index in [1.807, 2.05) is 30.3 Å². The Morgan fingerprint density at radius 1 is 1.20 bits per heavy atom. The van der Waals surface area contributed by atoms with Gasteiger partial charge in [0.25, 0.3) is 0 Å². The molecule has 5 nitrogen and oxygen atoms in total. The molecule has 1 atom stereocenters. The molecule has 0 saturated heterocycles. The fourth-order valence-corrected chi connectivity index (χ4v) is 3.21. The Balaban J connectivity index is 2.64. The number of rotatable bonds is 10. The number of nitro groups is 1. The van der Waals surface area contributed by atoms with Gasteiger partial charge >= 0.3 is 0 Å². The van der Waals surface area contributed by atoms with Gasteiger partial charge in [-0.2, -0.15) is 0 Å². The Morgan fingerprint density at radius 2 is 1.80 bits per heavy atom. The lowest BCUT2D eigenvalue weighted by atomic mass is 10.1. The molecule has 0 aliphatic heterocycles. The van der Waals surface area contributed by atoms with Crippen LogP contribution >= 0.6 is 11.8 Å². The second kappa shape index (κ2) is 9.74. The van der Waals surface area contributed by atoms with Crippen LogP contribution in [-0.2, 0) is 15.2 Å². The van der Waals surface area contributed by atoms with Crippen LogP contribution < -0.4 is 0 Å². The third kappa shape index (κ3) is 6.36. The summed E-state index contributed by atoms with van der Waals surface area (Å²) in [5, 5.41) is 10.7. The fourth-order valence-electron chi connectivity index (χ4n) is 1.95. The molecule has 0 bridgehead atoms. The quantitative estimate of drug-likeness (QED) is 0.490. The number of nitrogens with zero attached hydrogens (tertiary/aromatic N) is 1. The molecule has 0 radical (unpaired) electrons. The molecular weight excluding hydrogens is 278 g/mol. The number of ether oxygens (including phenoxy) is 2. The van der Waals surface area contributed by atoms with Gasteiger partial charge in [0.05, 0.1) is 18.5 Å². The standard InChI is InChI=1S/C14H21NO4S/c1-18-9-13(10-19-2)14(8-15(16)17)20-11-12-6-4-3-5-7-12/h3-7,13-14H,8-11H2,1-2H3. The summed E-state index contributed by atoms with van der Waals surface area (Å²) >= 11 is 1.59. The van der Waals surface area contributed by atoms with E-state index in [1.54, 1.807) is 26.0 Å². The zero-order valence-electron chi connectivity index (χ0n) is 11.9. The normalized spacial score (nSPS) is 12.6. The molecule has 0 fully saturated rings. The van der Waals surface area contributed by atoms with E-state index < -0.39 is 0 Å². The van der Waals surface area contributed by atoms with Crippen molar-refractivity contribution in [3.8, 4) is 0 Å². The minimum absolute atomic E-state index is 0.0177. The average molecular weight is 299 g/mol. The molecule has 0 spiro atoms. The zero-order chi connectivity index (χ0) is 14.8. The number of hydrogen-bond acceptors (Lipinski definition) is 5. The van der Waals surface area contributed by atoms with E-state index in [0.717, 1.165) is 5.75 Å². The Labute approximate surface area is 123 Å². The van der Waals surface area contributed by atoms with Crippen LogP contribution in [0, 0.1) is 16.0 Å². The largest absolute Gasteiger partial charge is 0.384 e. The predicted octanol–water partition coefficient (Wildman–Crippen LogP) is 2.47. The molecule has 0 saturated carbocycles. The van der Waals surface area contributed by atoms with Crippen molar-refractivity contribution in [2.45, 2.75) is 11.0 Å². The van der Waals surface area contributed by atoms with Gasteiger partial charge in [0, 0.05) is 30.8 Å². The van der Waals surface area contributed by atoms with Gasteiger partial charge in [0.15, 0.2) is 0 Å². The van der Waals surface area contributed by atoms with Gasteiger partial charge in [-0.3, -0.25) is 10.1 Å². The summed E-state index contributed by atoms with van der Waals surface area (Å²) < 4.78 is 10.3. The van der Waals surface area contributed by atoms with Crippen LogP contribution in [0.3, 0.4) is 0 Å². The van der Waals surface area contributed by atoms with Crippen LogP contribution in [0.1, 0.15) is 5.56 Å². The summed E-state index contributed by atoms with van der Waals surface area (Å²) in [6.45, 7) is 0.858. The van der Waals surface area contributed by atoms with Crippen LogP contribution in [0.5, 0.6) is 0 Å². The Morgan fingerprint density at radius 3 is 2.30 bits per heavy atom. The lowest BCUT2D eigenvalue weighted by Gasteiger charge is -2.22. The maximum absolute atomic E-state index is 10.8. The maximum atomic E-state index is 10.8. The van der Waals surface area contributed by atoms with E-state index in [4.69, 9.17) is 9.47 Å². The molecule has 0 aromatic heterocycles. The second-order valence-electron chi connectivity index (χ2n) is 4.52. The number of methoxy groups -OCH3 is 2. The van der Waals surface area contributed by atoms with E-state index in [9.17, 15) is 10.1 Å². The van der Waals surface area contributed by atoms with Gasteiger partial charge in [0.1, 0.15) is 0 Å². The van der Waals surface area contributed by atoms with E-state index in [2.05, 4.69) is 0 Å². The smallest absolute Gasteiger partial charge is 0.216 e. The molecule has 0 amide bonds. The van der Waals surface area contributed by atoms with Gasteiger partial charge in [0.2, 0.25) is 6.54 Å². The van der Waals surface area contributed by atoms with E-state index >= 15 is 0 Å². The lowest BCUT2D eigenvalue weighted by molar-refractivity contribution is -0.480. The van der Waals surface area contributed by atoms with Crippen molar-refractivity contribution in [2.75, 3.05) is 34.0 Å². The van der Waals surface area contributed by atoms with Gasteiger partial charge < -0.3 is 9.47 Å². The minimum Gasteiger partial charge on any atom is -0.384 e. The number of benzene rings is 1. The SMILES string of the molecule is COCC(COC)C(C[N+](=O)[O-])SCc1ccccc1. The van der Waals surface area contributed by atoms with Crippen molar-refractivity contribution < 1.29 is 14.4 Å². The molecule has 0 N–H and O–H groups in total. The first-order chi connectivity index (χ1) is 9.67. The molecular formula is C14H21NO4S. The molecule has 112 valence electrons. The Hall–Kier alpha value is -1.11. The van der Waals surface area contributed by atoms with Crippen molar-refractivity contribution in [1.29, 1.82) is 0 Å². The number of hydrogen-bond donors (Lipinski definition) is 0. The second-order valence-corrected chi connectivity index (χ2v) is 5.75. The molecule has 1 rings (SSSR count). The average Bonchev–Trinajstić information content (AvgIpc) is 2.44. The predicted molar refractivity (Wildman–Crippen MR) is 80.6 cm³/mol. The monoisotopic (exact) mass is 299 g/mol. The highest BCUT2D eigenvalue weighted by atomic mass is 32.2. The first-order valence-corrected chi connectivity index (χ1v) is 7.47. The summed E-state index contributed by atoms with van der Waals surface area (Å²) in [5.74, 6) is 0.771. The summed E-state index contributed by atoms with van der Waals surface area (Å²) in [6, 6.07) is 9.96. The van der Waals surface area contributed by atoms with Crippen LogP contribution in [0.2, 0.25) is 0 Å². The van der Waals surface area contributed by atoms with Crippen LogP contribution in [0.15, 0.2) is 30.3 Å². The topological polar surface area (TPSA) is 61.6 Å². The van der Waals surface area contributed by atoms with Crippen molar-refractivity contribution in [2.24, 2.45) is 5.92 Å². The molecule has 0 aliphatic rings. The summed E-state index contributed by atoms with van der Waals surface area (Å²) in [5.41, 5.74) is 1.17. The maximum Gasteiger partial charge on any atom is 0.216 e. The third-order valence-corrected chi connectivity index (χ3v) is 4.39. The van der Waals surface area contributed by atoms with Gasteiger partial charge in [-0.15, -0.1) is 11.8 Å². The van der Waals surface area contributed by atoms with Gasteiger partial charge in [-0.25, -0.2) is 0 Å². The minimum atomic E-state index is -0.263. The Kier molecular flexibility index (Phi) is 8.25. The van der Waals surface area contributed by atoms with Crippen LogP contribution in [-0.4, -0.2) is 44.2 Å². The summed E-state index contributed by atoms with van der Waals surface area (Å²) in [7, 11) is 3.21. The molecule has 0 heterocycles. The van der Waals surface area contributed by atoms with Crippen molar-refractivity contribution in [3.63, 3.8) is 0 Å². The molecule has 1 unspecified atom stereocenters. The lowest BCUT2D eigenvalue weighted by Crippen LogP contribution is -2.32. The highest BCUT2D eigenvalue weighted by Gasteiger charge is 2.26. The molecule has 1 aromatic rings. The fraction of sp³-hybridized carbons (Fsp3) is 0.571. The molecule has 0 aliphatic carbocycles. The van der Waals surface area contributed by atoms with E-state index in [1.165, 1.54) is 5.56 Å². The van der Waals surface area contributed by atoms with Crippen LogP contribution in [0.25, 0.3) is 0 Å². The molecule has 6 heteroatoms. The highest BCUT2D eigenvalue weighted by Crippen LogP contribution is 2.25. The Bertz CT molecular complexity index is 382. The number of thioether (sulfide) groups is 1. The van der Waals surface area contributed by atoms with Gasteiger partial charge in [-0.1, -0.05) is 30.3 Å². The zero-order valence-corrected chi connectivity index (χ0v) is 12.7. The molecule has 20 heavy (non-hydrogen) atoms. The first-order valence-electron chi connectivity index (χ1n) is 6.42. The highest BCUT2D eigenvalue weighted by molar-refractivity contribution is 7.99. The summed E-state index contributed by atoms with van der Waals surface area (Å²) in [4.78, 5) is 10.6. The van der Waals surface area contributed by atoms with E-state index in [-0.39, 0.29) is 22.6 Å². The van der Waals surface area contributed by atoms with Gasteiger partial charge in [-0.05, 0) is 5.56 Å². The van der Waals surface area contributed by atoms with E-state index in [0.29, 0.717) is 13.2 Å². The first kappa shape index (κ1) is 16.9.